The maximum Gasteiger partial charge on any atom is 0.296 e. The molecule has 0 fully saturated rings. The molecule has 0 spiro atoms. The number of benzene rings is 1. The number of hydrogen-bond donors (Lipinski definition) is 1. The largest absolute Gasteiger partial charge is 0.481 e. The number of pyridine rings is 1. The molecule has 7 heteroatoms. The predicted octanol–water partition coefficient (Wildman–Crippen LogP) is 4.10. The maximum atomic E-state index is 12.7. The fourth-order valence-corrected chi connectivity index (χ4v) is 2.89. The molecule has 0 radical (unpaired) electrons. The van der Waals surface area contributed by atoms with Gasteiger partial charge in [0.25, 0.3) is 11.7 Å². The number of methoxy groups -OCH3 is 1. The Hall–Kier alpha value is -2.86. The van der Waals surface area contributed by atoms with Crippen molar-refractivity contribution >= 4 is 39.9 Å². The van der Waals surface area contributed by atoms with Gasteiger partial charge in [-0.3, -0.25) is 9.59 Å². The van der Waals surface area contributed by atoms with E-state index in [0.717, 1.165) is 5.52 Å². The third-order valence-electron chi connectivity index (χ3n) is 4.01. The zero-order valence-corrected chi connectivity index (χ0v) is 15.4. The number of hydrogen-bond acceptors (Lipinski definition) is 4. The summed E-state index contributed by atoms with van der Waals surface area (Å²) < 4.78 is 6.91. The third kappa shape index (κ3) is 3.41. The van der Waals surface area contributed by atoms with Crippen molar-refractivity contribution in [3.63, 3.8) is 0 Å². The van der Waals surface area contributed by atoms with Crippen LogP contribution in [0.1, 0.15) is 30.2 Å². The molecule has 134 valence electrons. The molecule has 3 aromatic rings. The van der Waals surface area contributed by atoms with E-state index in [4.69, 9.17) is 16.3 Å². The molecule has 3 rings (SSSR count). The molecule has 6 nitrogen and oxygen atoms in total. The van der Waals surface area contributed by atoms with E-state index >= 15 is 0 Å². The fourth-order valence-electron chi connectivity index (χ4n) is 2.72. The van der Waals surface area contributed by atoms with Gasteiger partial charge >= 0.3 is 0 Å². The highest BCUT2D eigenvalue weighted by Gasteiger charge is 2.22. The number of rotatable bonds is 5. The second kappa shape index (κ2) is 7.17. The second-order valence-electron chi connectivity index (χ2n) is 6.08. The summed E-state index contributed by atoms with van der Waals surface area (Å²) in [6.07, 6.45) is 3.12. The monoisotopic (exact) mass is 371 g/mol. The van der Waals surface area contributed by atoms with Gasteiger partial charge in [-0.2, -0.15) is 0 Å². The van der Waals surface area contributed by atoms with Gasteiger partial charge in [0.15, 0.2) is 0 Å². The maximum absolute atomic E-state index is 12.7. The van der Waals surface area contributed by atoms with Gasteiger partial charge in [-0.15, -0.1) is 0 Å². The Morgan fingerprint density at radius 1 is 1.23 bits per heavy atom. The number of nitrogens with zero attached hydrogens (tertiary/aromatic N) is 2. The van der Waals surface area contributed by atoms with E-state index in [1.165, 1.54) is 13.3 Å². The van der Waals surface area contributed by atoms with E-state index in [2.05, 4.69) is 10.3 Å². The average molecular weight is 372 g/mol. The molecule has 1 N–H and O–H groups in total. The van der Waals surface area contributed by atoms with Gasteiger partial charge in [-0.25, -0.2) is 4.98 Å². The van der Waals surface area contributed by atoms with Crippen LogP contribution in [0.15, 0.2) is 42.7 Å². The molecule has 1 amide bonds. The number of halogens is 1. The number of carbonyl (C=O) groups is 2. The molecule has 0 saturated heterocycles. The molecule has 0 saturated carbocycles. The van der Waals surface area contributed by atoms with Crippen LogP contribution in [0, 0.1) is 0 Å². The van der Waals surface area contributed by atoms with E-state index in [1.54, 1.807) is 30.5 Å². The summed E-state index contributed by atoms with van der Waals surface area (Å²) in [5.74, 6) is -0.948. The summed E-state index contributed by atoms with van der Waals surface area (Å²) in [6, 6.07) is 8.66. The lowest BCUT2D eigenvalue weighted by atomic mass is 10.1. The minimum absolute atomic E-state index is 0.133. The smallest absolute Gasteiger partial charge is 0.296 e. The molecule has 0 bridgehead atoms. The topological polar surface area (TPSA) is 73.2 Å². The number of amides is 1. The number of nitrogens with one attached hydrogen (secondary N) is 1. The van der Waals surface area contributed by atoms with Crippen LogP contribution in [0.5, 0.6) is 5.88 Å². The Bertz CT molecular complexity index is 978. The van der Waals surface area contributed by atoms with Crippen LogP contribution in [-0.4, -0.2) is 28.4 Å². The standard InChI is InChI=1S/C19H18ClN3O3/c1-11(2)23-10-15(14-8-12(20)4-6-16(14)23)18(24)19(25)22-13-5-7-17(26-3)21-9-13/h4-11H,1-3H3,(H,22,25). The van der Waals surface area contributed by atoms with Gasteiger partial charge in [0.05, 0.1) is 24.6 Å². The first-order valence-electron chi connectivity index (χ1n) is 8.06. The van der Waals surface area contributed by atoms with E-state index < -0.39 is 11.7 Å². The first kappa shape index (κ1) is 17.9. The van der Waals surface area contributed by atoms with Crippen molar-refractivity contribution in [2.45, 2.75) is 19.9 Å². The van der Waals surface area contributed by atoms with Gasteiger partial charge < -0.3 is 14.6 Å². The SMILES string of the molecule is COc1ccc(NC(=O)C(=O)c2cn(C(C)C)c3ccc(Cl)cc23)cn1. The van der Waals surface area contributed by atoms with Crippen molar-refractivity contribution in [2.24, 2.45) is 0 Å². The minimum Gasteiger partial charge on any atom is -0.481 e. The normalized spacial score (nSPS) is 11.0. The zero-order chi connectivity index (χ0) is 18.8. The van der Waals surface area contributed by atoms with Gasteiger partial charge in [-0.1, -0.05) is 11.6 Å². The van der Waals surface area contributed by atoms with E-state index in [1.807, 2.05) is 24.5 Å². The van der Waals surface area contributed by atoms with E-state index in [-0.39, 0.29) is 6.04 Å². The third-order valence-corrected chi connectivity index (χ3v) is 4.24. The van der Waals surface area contributed by atoms with Crippen LogP contribution in [0.25, 0.3) is 10.9 Å². The Kier molecular flexibility index (Phi) is 4.95. The summed E-state index contributed by atoms with van der Waals surface area (Å²) >= 11 is 6.08. The summed E-state index contributed by atoms with van der Waals surface area (Å²) in [5, 5.41) is 3.72. The van der Waals surface area contributed by atoms with Crippen molar-refractivity contribution in [1.29, 1.82) is 0 Å². The lowest BCUT2D eigenvalue weighted by molar-refractivity contribution is -0.112. The molecule has 0 atom stereocenters. The number of anilines is 1. The first-order valence-corrected chi connectivity index (χ1v) is 8.44. The summed E-state index contributed by atoms with van der Waals surface area (Å²) in [5.41, 5.74) is 1.58. The highest BCUT2D eigenvalue weighted by Crippen LogP contribution is 2.28. The lowest BCUT2D eigenvalue weighted by Crippen LogP contribution is -2.22. The molecular formula is C19H18ClN3O3. The molecule has 0 aliphatic heterocycles. The Labute approximate surface area is 155 Å². The predicted molar refractivity (Wildman–Crippen MR) is 101 cm³/mol. The van der Waals surface area contributed by atoms with Crippen molar-refractivity contribution in [3.05, 3.63) is 53.3 Å². The van der Waals surface area contributed by atoms with Crippen LogP contribution in [0.4, 0.5) is 5.69 Å². The van der Waals surface area contributed by atoms with E-state index in [0.29, 0.717) is 27.5 Å². The fraction of sp³-hybridized carbons (Fsp3) is 0.211. The number of aromatic nitrogens is 2. The number of ketones is 1. The molecule has 2 heterocycles. The first-order chi connectivity index (χ1) is 12.4. The Morgan fingerprint density at radius 2 is 2.00 bits per heavy atom. The average Bonchev–Trinajstić information content (AvgIpc) is 3.00. The molecule has 2 aromatic heterocycles. The molecular weight excluding hydrogens is 354 g/mol. The van der Waals surface area contributed by atoms with Crippen molar-refractivity contribution in [3.8, 4) is 5.88 Å². The summed E-state index contributed by atoms with van der Waals surface area (Å²) in [4.78, 5) is 29.1. The molecule has 1 aromatic carbocycles. The van der Waals surface area contributed by atoms with Gasteiger partial charge in [0.1, 0.15) is 0 Å². The molecule has 0 aliphatic carbocycles. The number of ether oxygens (including phenoxy) is 1. The number of fused-ring (bicyclic) bond motifs is 1. The summed E-state index contributed by atoms with van der Waals surface area (Å²) in [6.45, 7) is 4.01. The molecule has 0 unspecified atom stereocenters. The quantitative estimate of drug-likeness (QED) is 0.541. The minimum atomic E-state index is -0.736. The van der Waals surface area contributed by atoms with Gasteiger partial charge in [0.2, 0.25) is 5.88 Å². The Morgan fingerprint density at radius 3 is 2.62 bits per heavy atom. The van der Waals surface area contributed by atoms with Crippen LogP contribution in [-0.2, 0) is 4.79 Å². The van der Waals surface area contributed by atoms with Crippen molar-refractivity contribution in [2.75, 3.05) is 12.4 Å². The van der Waals surface area contributed by atoms with Gasteiger partial charge in [-0.05, 0) is 38.1 Å². The lowest BCUT2D eigenvalue weighted by Gasteiger charge is -2.08. The van der Waals surface area contributed by atoms with Crippen molar-refractivity contribution < 1.29 is 14.3 Å². The van der Waals surface area contributed by atoms with E-state index in [9.17, 15) is 9.59 Å². The highest BCUT2D eigenvalue weighted by atomic mass is 35.5. The van der Waals surface area contributed by atoms with Crippen LogP contribution < -0.4 is 10.1 Å². The zero-order valence-electron chi connectivity index (χ0n) is 14.6. The van der Waals surface area contributed by atoms with Crippen molar-refractivity contribution in [1.82, 2.24) is 9.55 Å². The highest BCUT2D eigenvalue weighted by molar-refractivity contribution is 6.48. The van der Waals surface area contributed by atoms with Crippen LogP contribution >= 0.6 is 11.6 Å². The second-order valence-corrected chi connectivity index (χ2v) is 6.51. The Balaban J connectivity index is 1.93. The number of Topliss-reactive ketones (excluding diaryl/α,β-unsaturated/α-hetero) is 1. The molecule has 26 heavy (non-hydrogen) atoms. The van der Waals surface area contributed by atoms with Crippen LogP contribution in [0.2, 0.25) is 5.02 Å². The molecule has 0 aliphatic rings. The van der Waals surface area contributed by atoms with Gasteiger partial charge in [0, 0.05) is 34.2 Å². The summed E-state index contributed by atoms with van der Waals surface area (Å²) in [7, 11) is 1.50. The number of carbonyl (C=O) groups excluding carboxylic acids is 2. The van der Waals surface area contributed by atoms with Crippen LogP contribution in [0.3, 0.4) is 0 Å².